The predicted octanol–water partition coefficient (Wildman–Crippen LogP) is 0.612. The van der Waals surface area contributed by atoms with Gasteiger partial charge in [0, 0.05) is 6.54 Å². The second kappa shape index (κ2) is 5.19. The van der Waals surface area contributed by atoms with Crippen molar-refractivity contribution in [2.24, 2.45) is 5.73 Å². The Labute approximate surface area is 79.8 Å². The number of hydrogen-bond donors (Lipinski definition) is 2. The zero-order chi connectivity index (χ0) is 10.5. The van der Waals surface area contributed by atoms with Gasteiger partial charge in [-0.3, -0.25) is 10.1 Å². The van der Waals surface area contributed by atoms with E-state index in [4.69, 9.17) is 10.5 Å². The fraction of sp³-hybridized carbons (Fsp3) is 0.889. The van der Waals surface area contributed by atoms with Gasteiger partial charge in [-0.05, 0) is 27.7 Å². The van der Waals surface area contributed by atoms with Crippen LogP contribution in [0.4, 0.5) is 0 Å². The third kappa shape index (κ3) is 9.30. The number of esters is 1. The van der Waals surface area contributed by atoms with Crippen LogP contribution in [0.5, 0.6) is 0 Å². The Morgan fingerprint density at radius 1 is 1.54 bits per heavy atom. The minimum atomic E-state index is -0.432. The Hall–Kier alpha value is -0.610. The number of carbonyl (C=O) groups excluding carboxylic acids is 1. The molecule has 0 saturated heterocycles. The van der Waals surface area contributed by atoms with Gasteiger partial charge < -0.3 is 10.5 Å². The average molecular weight is 188 g/mol. The van der Waals surface area contributed by atoms with Gasteiger partial charge in [0.2, 0.25) is 0 Å². The van der Waals surface area contributed by atoms with Gasteiger partial charge in [0.05, 0.1) is 18.2 Å². The van der Waals surface area contributed by atoms with Crippen molar-refractivity contribution in [3.8, 4) is 0 Å². The molecule has 13 heavy (non-hydrogen) atoms. The number of nitrogens with two attached hydrogens (primary N) is 1. The van der Waals surface area contributed by atoms with E-state index >= 15 is 0 Å². The lowest BCUT2D eigenvalue weighted by Gasteiger charge is -2.20. The maximum atomic E-state index is 11.0. The van der Waals surface area contributed by atoms with E-state index in [-0.39, 0.29) is 12.1 Å². The van der Waals surface area contributed by atoms with Gasteiger partial charge in [-0.15, -0.1) is 0 Å². The number of ether oxygens (including phenoxy) is 1. The lowest BCUT2D eigenvalue weighted by atomic mass is 10.2. The average Bonchev–Trinajstić information content (AvgIpc) is 1.81. The van der Waals surface area contributed by atoms with Crippen LogP contribution in [0.2, 0.25) is 0 Å². The van der Waals surface area contributed by atoms with E-state index in [1.807, 2.05) is 27.7 Å². The summed E-state index contributed by atoms with van der Waals surface area (Å²) in [5.41, 5.74) is 5.23. The molecule has 0 radical (unpaired) electrons. The quantitative estimate of drug-likeness (QED) is 0.490. The molecule has 0 aromatic heterocycles. The monoisotopic (exact) mass is 188 g/mol. The van der Waals surface area contributed by atoms with Crippen LogP contribution in [0.3, 0.4) is 0 Å². The molecular formula is C9H20N2O2. The summed E-state index contributed by atoms with van der Waals surface area (Å²) in [6.45, 7) is 7.91. The first kappa shape index (κ1) is 12.4. The van der Waals surface area contributed by atoms with Crippen molar-refractivity contribution < 1.29 is 9.53 Å². The van der Waals surface area contributed by atoms with E-state index < -0.39 is 5.66 Å². The van der Waals surface area contributed by atoms with Crippen LogP contribution in [0.25, 0.3) is 0 Å². The normalized spacial score (nSPS) is 11.8. The van der Waals surface area contributed by atoms with Gasteiger partial charge in [-0.1, -0.05) is 0 Å². The number of nitrogens with one attached hydrogen (secondary N) is 1. The standard InChI is InChI=1S/C9H20N2O2/c1-7(2)13-8(12)5-6-11-9(3,4)10/h7,11H,5-6,10H2,1-4H3. The summed E-state index contributed by atoms with van der Waals surface area (Å²) >= 11 is 0. The number of carbonyl (C=O) groups is 1. The predicted molar refractivity (Wildman–Crippen MR) is 52.1 cm³/mol. The summed E-state index contributed by atoms with van der Waals surface area (Å²) in [5.74, 6) is -0.188. The molecule has 0 aromatic carbocycles. The van der Waals surface area contributed by atoms with Crippen LogP contribution < -0.4 is 11.1 Å². The van der Waals surface area contributed by atoms with E-state index in [0.29, 0.717) is 13.0 Å². The highest BCUT2D eigenvalue weighted by atomic mass is 16.5. The molecular weight excluding hydrogens is 168 g/mol. The lowest BCUT2D eigenvalue weighted by Crippen LogP contribution is -2.48. The fourth-order valence-corrected chi connectivity index (χ4v) is 0.809. The van der Waals surface area contributed by atoms with Crippen molar-refractivity contribution >= 4 is 5.97 Å². The molecule has 4 heteroatoms. The summed E-state index contributed by atoms with van der Waals surface area (Å²) in [6, 6.07) is 0. The molecule has 0 amide bonds. The van der Waals surface area contributed by atoms with Crippen LogP contribution in [0, 0.1) is 0 Å². The second-order valence-corrected chi connectivity index (χ2v) is 3.94. The molecule has 0 aromatic rings. The highest BCUT2D eigenvalue weighted by Gasteiger charge is 2.10. The molecule has 3 N–H and O–H groups in total. The topological polar surface area (TPSA) is 64.3 Å². The Balaban J connectivity index is 3.49. The smallest absolute Gasteiger partial charge is 0.307 e. The van der Waals surface area contributed by atoms with Gasteiger partial charge in [0.25, 0.3) is 0 Å². The summed E-state index contributed by atoms with van der Waals surface area (Å²) in [5, 5.41) is 3.00. The molecule has 0 fully saturated rings. The fourth-order valence-electron chi connectivity index (χ4n) is 0.809. The van der Waals surface area contributed by atoms with Crippen LogP contribution in [0.1, 0.15) is 34.1 Å². The van der Waals surface area contributed by atoms with E-state index in [2.05, 4.69) is 5.32 Å². The van der Waals surface area contributed by atoms with Crippen molar-refractivity contribution in [1.29, 1.82) is 0 Å². The summed E-state index contributed by atoms with van der Waals surface area (Å²) in [6.07, 6.45) is 0.317. The van der Waals surface area contributed by atoms with E-state index in [1.54, 1.807) is 0 Å². The van der Waals surface area contributed by atoms with E-state index in [9.17, 15) is 4.79 Å². The molecule has 0 heterocycles. The Morgan fingerprint density at radius 2 is 2.08 bits per heavy atom. The van der Waals surface area contributed by atoms with E-state index in [1.165, 1.54) is 0 Å². The minimum absolute atomic E-state index is 0.0432. The molecule has 0 atom stereocenters. The van der Waals surface area contributed by atoms with Crippen molar-refractivity contribution in [2.75, 3.05) is 6.54 Å². The Morgan fingerprint density at radius 3 is 2.46 bits per heavy atom. The third-order valence-electron chi connectivity index (χ3n) is 1.28. The first-order valence-electron chi connectivity index (χ1n) is 4.54. The molecule has 0 aliphatic carbocycles. The Kier molecular flexibility index (Phi) is 4.95. The van der Waals surface area contributed by atoms with Crippen molar-refractivity contribution in [1.82, 2.24) is 5.32 Å². The molecule has 0 aliphatic rings. The number of rotatable bonds is 5. The lowest BCUT2D eigenvalue weighted by molar-refractivity contribution is -0.147. The highest BCUT2D eigenvalue weighted by molar-refractivity contribution is 5.69. The summed E-state index contributed by atoms with van der Waals surface area (Å²) in [7, 11) is 0. The van der Waals surface area contributed by atoms with Gasteiger partial charge >= 0.3 is 5.97 Å². The van der Waals surface area contributed by atoms with Crippen molar-refractivity contribution in [3.05, 3.63) is 0 Å². The maximum absolute atomic E-state index is 11.0. The van der Waals surface area contributed by atoms with Gasteiger partial charge in [0.15, 0.2) is 0 Å². The first-order chi connectivity index (χ1) is 5.81. The molecule has 0 rings (SSSR count). The maximum Gasteiger partial charge on any atom is 0.307 e. The molecule has 0 unspecified atom stereocenters. The molecule has 0 saturated carbocycles. The zero-order valence-corrected chi connectivity index (χ0v) is 8.89. The first-order valence-corrected chi connectivity index (χ1v) is 4.54. The molecule has 0 spiro atoms. The van der Waals surface area contributed by atoms with Crippen molar-refractivity contribution in [3.63, 3.8) is 0 Å². The Bertz CT molecular complexity index is 161. The third-order valence-corrected chi connectivity index (χ3v) is 1.28. The van der Waals surface area contributed by atoms with Crippen LogP contribution in [0.15, 0.2) is 0 Å². The van der Waals surface area contributed by atoms with E-state index in [0.717, 1.165) is 0 Å². The second-order valence-electron chi connectivity index (χ2n) is 3.94. The molecule has 4 nitrogen and oxygen atoms in total. The van der Waals surface area contributed by atoms with Crippen LogP contribution in [-0.2, 0) is 9.53 Å². The van der Waals surface area contributed by atoms with Crippen molar-refractivity contribution in [2.45, 2.75) is 45.9 Å². The summed E-state index contributed by atoms with van der Waals surface area (Å²) < 4.78 is 4.95. The zero-order valence-electron chi connectivity index (χ0n) is 8.89. The SMILES string of the molecule is CC(C)OC(=O)CCNC(C)(C)N. The van der Waals surface area contributed by atoms with Gasteiger partial charge in [0.1, 0.15) is 0 Å². The van der Waals surface area contributed by atoms with Gasteiger partial charge in [-0.25, -0.2) is 0 Å². The minimum Gasteiger partial charge on any atom is -0.463 e. The largest absolute Gasteiger partial charge is 0.463 e. The molecule has 0 aliphatic heterocycles. The number of hydrogen-bond acceptors (Lipinski definition) is 4. The highest BCUT2D eigenvalue weighted by Crippen LogP contribution is 1.94. The van der Waals surface area contributed by atoms with Crippen LogP contribution >= 0.6 is 0 Å². The van der Waals surface area contributed by atoms with Gasteiger partial charge in [-0.2, -0.15) is 0 Å². The molecule has 0 bridgehead atoms. The molecule has 78 valence electrons. The van der Waals surface area contributed by atoms with Crippen LogP contribution in [-0.4, -0.2) is 24.3 Å². The summed E-state index contributed by atoms with van der Waals surface area (Å²) in [4.78, 5) is 11.0.